The van der Waals surface area contributed by atoms with Gasteiger partial charge in [-0.1, -0.05) is 12.1 Å². The Balaban J connectivity index is 2.94. The van der Waals surface area contributed by atoms with Crippen LogP contribution in [0.25, 0.3) is 0 Å². The first kappa shape index (κ1) is 12.9. The molecular weight excluding hydrogens is 233 g/mol. The standard InChI is InChI=1S/C10H14FNO3S/c1-12(16(14,15)8-4-7-13)10-6-3-2-5-9(10)11/h2-3,5-6,13H,4,7-8H2,1H3. The molecule has 4 nitrogen and oxygen atoms in total. The lowest BCUT2D eigenvalue weighted by Crippen LogP contribution is -2.30. The predicted octanol–water partition coefficient (Wildman–Crippen LogP) is 0.974. The van der Waals surface area contributed by atoms with Gasteiger partial charge in [0.05, 0.1) is 11.4 Å². The molecule has 6 heteroatoms. The molecule has 1 N–H and O–H groups in total. The van der Waals surface area contributed by atoms with Crippen LogP contribution in [0.3, 0.4) is 0 Å². The number of nitrogens with zero attached hydrogens (tertiary/aromatic N) is 1. The van der Waals surface area contributed by atoms with Gasteiger partial charge in [-0.25, -0.2) is 12.8 Å². The molecule has 1 aromatic rings. The molecule has 0 spiro atoms. The van der Waals surface area contributed by atoms with Gasteiger partial charge in [0.15, 0.2) is 0 Å². The van der Waals surface area contributed by atoms with E-state index in [1.807, 2.05) is 0 Å². The van der Waals surface area contributed by atoms with Crippen LogP contribution < -0.4 is 4.31 Å². The maximum absolute atomic E-state index is 13.3. The molecular formula is C10H14FNO3S. The van der Waals surface area contributed by atoms with Crippen molar-refractivity contribution < 1.29 is 17.9 Å². The monoisotopic (exact) mass is 247 g/mol. The van der Waals surface area contributed by atoms with Crippen molar-refractivity contribution in [2.75, 3.05) is 23.7 Å². The molecule has 0 unspecified atom stereocenters. The number of aliphatic hydroxyl groups is 1. The summed E-state index contributed by atoms with van der Waals surface area (Å²) in [5, 5.41) is 8.58. The van der Waals surface area contributed by atoms with Crippen LogP contribution >= 0.6 is 0 Å². The maximum atomic E-state index is 13.3. The van der Waals surface area contributed by atoms with Gasteiger partial charge in [0, 0.05) is 13.7 Å². The van der Waals surface area contributed by atoms with E-state index in [2.05, 4.69) is 0 Å². The Hall–Kier alpha value is -1.14. The predicted molar refractivity (Wildman–Crippen MR) is 60.3 cm³/mol. The quantitative estimate of drug-likeness (QED) is 0.843. The third-order valence-electron chi connectivity index (χ3n) is 2.17. The van der Waals surface area contributed by atoms with Gasteiger partial charge in [0.2, 0.25) is 10.0 Å². The molecule has 1 aromatic carbocycles. The zero-order valence-corrected chi connectivity index (χ0v) is 9.74. The second kappa shape index (κ2) is 5.27. The highest BCUT2D eigenvalue weighted by atomic mass is 32.2. The Bertz CT molecular complexity index is 447. The van der Waals surface area contributed by atoms with Crippen molar-refractivity contribution in [2.45, 2.75) is 6.42 Å². The van der Waals surface area contributed by atoms with Crippen LogP contribution in [0.1, 0.15) is 6.42 Å². The van der Waals surface area contributed by atoms with E-state index in [1.54, 1.807) is 6.07 Å². The van der Waals surface area contributed by atoms with E-state index in [0.29, 0.717) is 0 Å². The minimum atomic E-state index is -3.56. The van der Waals surface area contributed by atoms with Gasteiger partial charge >= 0.3 is 0 Å². The summed E-state index contributed by atoms with van der Waals surface area (Å²) in [5.41, 5.74) is 0.0143. The first-order chi connectivity index (χ1) is 7.49. The van der Waals surface area contributed by atoms with Crippen LogP contribution in [0.4, 0.5) is 10.1 Å². The fourth-order valence-corrected chi connectivity index (χ4v) is 2.46. The first-order valence-corrected chi connectivity index (χ1v) is 6.42. The number of hydrogen-bond donors (Lipinski definition) is 1. The van der Waals surface area contributed by atoms with E-state index in [1.165, 1.54) is 25.2 Å². The molecule has 0 atom stereocenters. The Morgan fingerprint density at radius 2 is 2.00 bits per heavy atom. The Morgan fingerprint density at radius 3 is 2.56 bits per heavy atom. The highest BCUT2D eigenvalue weighted by Gasteiger charge is 2.19. The molecule has 0 bridgehead atoms. The minimum absolute atomic E-state index is 0.0143. The third-order valence-corrected chi connectivity index (χ3v) is 4.01. The summed E-state index contributed by atoms with van der Waals surface area (Å²) in [6.07, 6.45) is 0.140. The number of sulfonamides is 1. The van der Waals surface area contributed by atoms with E-state index in [-0.39, 0.29) is 24.5 Å². The number of aliphatic hydroxyl groups excluding tert-OH is 1. The zero-order chi connectivity index (χ0) is 12.2. The van der Waals surface area contributed by atoms with E-state index in [9.17, 15) is 12.8 Å². The van der Waals surface area contributed by atoms with E-state index >= 15 is 0 Å². The number of halogens is 1. The lowest BCUT2D eigenvalue weighted by atomic mass is 10.3. The minimum Gasteiger partial charge on any atom is -0.396 e. The molecule has 0 heterocycles. The van der Waals surface area contributed by atoms with Gasteiger partial charge in [-0.2, -0.15) is 0 Å². The molecule has 0 fully saturated rings. The fourth-order valence-electron chi connectivity index (χ4n) is 1.24. The van der Waals surface area contributed by atoms with Crippen LogP contribution in [-0.2, 0) is 10.0 Å². The highest BCUT2D eigenvalue weighted by Crippen LogP contribution is 2.20. The molecule has 16 heavy (non-hydrogen) atoms. The molecule has 0 aliphatic rings. The third kappa shape index (κ3) is 2.93. The van der Waals surface area contributed by atoms with Crippen molar-refractivity contribution in [2.24, 2.45) is 0 Å². The summed E-state index contributed by atoms with van der Waals surface area (Å²) in [7, 11) is -2.27. The van der Waals surface area contributed by atoms with Crippen molar-refractivity contribution in [1.82, 2.24) is 0 Å². The molecule has 0 aromatic heterocycles. The molecule has 0 saturated heterocycles. The lowest BCUT2D eigenvalue weighted by molar-refractivity contribution is 0.295. The smallest absolute Gasteiger partial charge is 0.235 e. The second-order valence-electron chi connectivity index (χ2n) is 3.31. The number of benzene rings is 1. The highest BCUT2D eigenvalue weighted by molar-refractivity contribution is 7.92. The van der Waals surface area contributed by atoms with Crippen LogP contribution in [0.2, 0.25) is 0 Å². The van der Waals surface area contributed by atoms with Crippen LogP contribution in [-0.4, -0.2) is 32.9 Å². The van der Waals surface area contributed by atoms with Gasteiger partial charge < -0.3 is 5.11 Å². The second-order valence-corrected chi connectivity index (χ2v) is 5.43. The van der Waals surface area contributed by atoms with E-state index < -0.39 is 15.8 Å². The van der Waals surface area contributed by atoms with Crippen molar-refractivity contribution in [3.63, 3.8) is 0 Å². The SMILES string of the molecule is CN(c1ccccc1F)S(=O)(=O)CCCO. The van der Waals surface area contributed by atoms with Gasteiger partial charge in [-0.3, -0.25) is 4.31 Å². The summed E-state index contributed by atoms with van der Waals surface area (Å²) in [6, 6.07) is 5.66. The molecule has 0 aliphatic carbocycles. The molecule has 1 rings (SSSR count). The fraction of sp³-hybridized carbons (Fsp3) is 0.400. The number of hydrogen-bond acceptors (Lipinski definition) is 3. The van der Waals surface area contributed by atoms with Crippen LogP contribution in [0, 0.1) is 5.82 Å². The average Bonchev–Trinajstić information content (AvgIpc) is 2.26. The molecule has 0 amide bonds. The van der Waals surface area contributed by atoms with Crippen molar-refractivity contribution in [1.29, 1.82) is 0 Å². The van der Waals surface area contributed by atoms with Gasteiger partial charge in [0.25, 0.3) is 0 Å². The Morgan fingerprint density at radius 1 is 1.38 bits per heavy atom. The summed E-state index contributed by atoms with van der Waals surface area (Å²) in [6.45, 7) is -0.204. The molecule has 0 radical (unpaired) electrons. The molecule has 0 aliphatic heterocycles. The molecule has 90 valence electrons. The Labute approximate surface area is 94.4 Å². The summed E-state index contributed by atoms with van der Waals surface area (Å²) in [5.74, 6) is -0.786. The van der Waals surface area contributed by atoms with Gasteiger partial charge in [-0.05, 0) is 18.6 Å². The normalized spacial score (nSPS) is 11.4. The number of rotatable bonds is 5. The average molecular weight is 247 g/mol. The van der Waals surface area contributed by atoms with Crippen molar-refractivity contribution in [3.8, 4) is 0 Å². The number of para-hydroxylation sites is 1. The summed E-state index contributed by atoms with van der Waals surface area (Å²) >= 11 is 0. The van der Waals surface area contributed by atoms with Crippen LogP contribution in [0.15, 0.2) is 24.3 Å². The molecule has 0 saturated carbocycles. The first-order valence-electron chi connectivity index (χ1n) is 4.81. The van der Waals surface area contributed by atoms with Gasteiger partial charge in [0.1, 0.15) is 5.82 Å². The van der Waals surface area contributed by atoms with Crippen molar-refractivity contribution >= 4 is 15.7 Å². The topological polar surface area (TPSA) is 57.6 Å². The summed E-state index contributed by atoms with van der Waals surface area (Å²) in [4.78, 5) is 0. The van der Waals surface area contributed by atoms with Crippen molar-refractivity contribution in [3.05, 3.63) is 30.1 Å². The van der Waals surface area contributed by atoms with Gasteiger partial charge in [-0.15, -0.1) is 0 Å². The Kier molecular flexibility index (Phi) is 4.26. The van der Waals surface area contributed by atoms with Crippen LogP contribution in [0.5, 0.6) is 0 Å². The zero-order valence-electron chi connectivity index (χ0n) is 8.93. The largest absolute Gasteiger partial charge is 0.396 e. The maximum Gasteiger partial charge on any atom is 0.235 e. The number of anilines is 1. The summed E-state index contributed by atoms with van der Waals surface area (Å²) < 4.78 is 37.6. The van der Waals surface area contributed by atoms with E-state index in [0.717, 1.165) is 4.31 Å². The van der Waals surface area contributed by atoms with E-state index in [4.69, 9.17) is 5.11 Å². The lowest BCUT2D eigenvalue weighted by Gasteiger charge is -2.19.